The van der Waals surface area contributed by atoms with Crippen molar-refractivity contribution < 1.29 is 4.79 Å². The minimum Gasteiger partial charge on any atom is -0.325 e. The number of nitrogens with zero attached hydrogens (tertiary/aromatic N) is 4. The Balaban J connectivity index is 1.63. The molecule has 29 heavy (non-hydrogen) atoms. The summed E-state index contributed by atoms with van der Waals surface area (Å²) in [4.78, 5) is 16.8. The fourth-order valence-corrected chi connectivity index (χ4v) is 3.65. The molecule has 1 amide bonds. The molecule has 0 fully saturated rings. The lowest BCUT2D eigenvalue weighted by molar-refractivity contribution is -0.113. The monoisotopic (exact) mass is 401 g/mol. The summed E-state index contributed by atoms with van der Waals surface area (Å²) in [5.41, 5.74) is 3.54. The maximum Gasteiger partial charge on any atom is 0.234 e. The summed E-state index contributed by atoms with van der Waals surface area (Å²) in [5, 5.41) is 12.2. The Labute approximate surface area is 173 Å². The lowest BCUT2D eigenvalue weighted by Gasteiger charge is -2.12. The summed E-state index contributed by atoms with van der Waals surface area (Å²) < 4.78 is 1.96. The molecule has 4 aromatic rings. The van der Waals surface area contributed by atoms with Crippen molar-refractivity contribution in [3.05, 3.63) is 84.6 Å². The molecule has 0 aliphatic rings. The van der Waals surface area contributed by atoms with Gasteiger partial charge < -0.3 is 5.32 Å². The van der Waals surface area contributed by atoms with Gasteiger partial charge in [-0.1, -0.05) is 54.2 Å². The van der Waals surface area contributed by atoms with Crippen LogP contribution in [0.1, 0.15) is 5.56 Å². The summed E-state index contributed by atoms with van der Waals surface area (Å²) in [6, 6.07) is 23.1. The van der Waals surface area contributed by atoms with Crippen molar-refractivity contribution in [3.8, 4) is 17.2 Å². The molecule has 1 N–H and O–H groups in total. The van der Waals surface area contributed by atoms with Crippen LogP contribution in [-0.2, 0) is 4.79 Å². The first-order chi connectivity index (χ1) is 14.2. The highest BCUT2D eigenvalue weighted by Gasteiger charge is 2.19. The van der Waals surface area contributed by atoms with E-state index in [0.29, 0.717) is 11.0 Å². The number of hydrogen-bond donors (Lipinski definition) is 1. The minimum atomic E-state index is -0.0973. The smallest absolute Gasteiger partial charge is 0.234 e. The van der Waals surface area contributed by atoms with Crippen LogP contribution in [0.2, 0.25) is 0 Å². The Bertz CT molecular complexity index is 1110. The molecule has 0 radical (unpaired) electrons. The second-order valence-corrected chi connectivity index (χ2v) is 7.29. The topological polar surface area (TPSA) is 72.7 Å². The van der Waals surface area contributed by atoms with E-state index in [2.05, 4.69) is 20.5 Å². The molecule has 0 bridgehead atoms. The summed E-state index contributed by atoms with van der Waals surface area (Å²) in [5.74, 6) is 0.770. The molecule has 4 rings (SSSR count). The van der Waals surface area contributed by atoms with E-state index in [1.165, 1.54) is 11.8 Å². The summed E-state index contributed by atoms with van der Waals surface area (Å²) in [7, 11) is 0. The molecule has 0 saturated carbocycles. The van der Waals surface area contributed by atoms with Gasteiger partial charge >= 0.3 is 0 Å². The third kappa shape index (κ3) is 4.35. The Morgan fingerprint density at radius 3 is 2.48 bits per heavy atom. The predicted molar refractivity (Wildman–Crippen MR) is 115 cm³/mol. The lowest BCUT2D eigenvalue weighted by Crippen LogP contribution is -2.14. The average Bonchev–Trinajstić information content (AvgIpc) is 3.18. The first-order valence-corrected chi connectivity index (χ1v) is 10.1. The number of aryl methyl sites for hydroxylation is 1. The third-order valence-electron chi connectivity index (χ3n) is 4.27. The van der Waals surface area contributed by atoms with Gasteiger partial charge in [-0.2, -0.15) is 0 Å². The van der Waals surface area contributed by atoms with E-state index in [-0.39, 0.29) is 11.7 Å². The normalized spacial score (nSPS) is 10.7. The number of aromatic nitrogens is 4. The van der Waals surface area contributed by atoms with Gasteiger partial charge in [0, 0.05) is 11.9 Å². The molecule has 0 atom stereocenters. The fraction of sp³-hybridized carbons (Fsp3) is 0.0909. The zero-order valence-corrected chi connectivity index (χ0v) is 16.6. The minimum absolute atomic E-state index is 0.0973. The first-order valence-electron chi connectivity index (χ1n) is 9.13. The van der Waals surface area contributed by atoms with E-state index in [0.717, 1.165) is 22.6 Å². The van der Waals surface area contributed by atoms with Gasteiger partial charge in [0.1, 0.15) is 5.69 Å². The number of carbonyl (C=O) groups is 1. The molecule has 2 aromatic carbocycles. The van der Waals surface area contributed by atoms with Crippen molar-refractivity contribution in [1.82, 2.24) is 19.7 Å². The molecule has 0 spiro atoms. The zero-order valence-electron chi connectivity index (χ0n) is 15.8. The fourth-order valence-electron chi connectivity index (χ4n) is 2.90. The molecule has 144 valence electrons. The zero-order chi connectivity index (χ0) is 20.1. The molecule has 0 aliphatic heterocycles. The van der Waals surface area contributed by atoms with Crippen LogP contribution in [0.15, 0.2) is 84.1 Å². The Morgan fingerprint density at radius 1 is 0.966 bits per heavy atom. The van der Waals surface area contributed by atoms with E-state index < -0.39 is 0 Å². The van der Waals surface area contributed by atoms with Crippen molar-refractivity contribution >= 4 is 23.4 Å². The van der Waals surface area contributed by atoms with E-state index in [1.54, 1.807) is 6.20 Å². The Hall–Kier alpha value is -3.45. The number of anilines is 1. The molecular formula is C22H19N5OS. The third-order valence-corrected chi connectivity index (χ3v) is 5.20. The molecule has 2 heterocycles. The number of rotatable bonds is 6. The van der Waals surface area contributed by atoms with Gasteiger partial charge in [0.25, 0.3) is 0 Å². The number of thioether (sulfide) groups is 1. The van der Waals surface area contributed by atoms with Gasteiger partial charge in [-0.15, -0.1) is 10.2 Å². The molecule has 6 nitrogen and oxygen atoms in total. The highest BCUT2D eigenvalue weighted by molar-refractivity contribution is 7.99. The number of para-hydroxylation sites is 2. The number of amides is 1. The molecule has 7 heteroatoms. The lowest BCUT2D eigenvalue weighted by atomic mass is 10.2. The van der Waals surface area contributed by atoms with Crippen molar-refractivity contribution in [2.24, 2.45) is 0 Å². The van der Waals surface area contributed by atoms with Gasteiger partial charge in [0.2, 0.25) is 5.91 Å². The van der Waals surface area contributed by atoms with Crippen LogP contribution in [-0.4, -0.2) is 31.4 Å². The summed E-state index contributed by atoms with van der Waals surface area (Å²) >= 11 is 1.34. The quantitative estimate of drug-likeness (QED) is 0.486. The molecule has 0 saturated heterocycles. The van der Waals surface area contributed by atoms with Crippen LogP contribution < -0.4 is 5.32 Å². The van der Waals surface area contributed by atoms with Crippen molar-refractivity contribution in [2.45, 2.75) is 12.1 Å². The van der Waals surface area contributed by atoms with E-state index >= 15 is 0 Å². The van der Waals surface area contributed by atoms with Gasteiger partial charge in [-0.05, 0) is 42.8 Å². The van der Waals surface area contributed by atoms with Crippen molar-refractivity contribution in [3.63, 3.8) is 0 Å². The molecule has 0 aliphatic carbocycles. The standard InChI is InChI=1S/C22H19N5OS/c1-16-9-5-6-13-19(16)27-21(18-12-7-8-14-23-18)25-26-22(27)29-15-20(28)24-17-10-3-2-4-11-17/h2-14H,15H2,1H3,(H,24,28). The largest absolute Gasteiger partial charge is 0.325 e. The van der Waals surface area contributed by atoms with Crippen LogP contribution >= 0.6 is 11.8 Å². The first kappa shape index (κ1) is 18.9. The maximum atomic E-state index is 12.4. The SMILES string of the molecule is Cc1ccccc1-n1c(SCC(=O)Nc2ccccc2)nnc1-c1ccccn1. The van der Waals surface area contributed by atoms with Gasteiger partial charge in [-0.25, -0.2) is 0 Å². The van der Waals surface area contributed by atoms with Crippen LogP contribution in [0.25, 0.3) is 17.2 Å². The summed E-state index contributed by atoms with van der Waals surface area (Å²) in [6.45, 7) is 2.04. The maximum absolute atomic E-state index is 12.4. The molecular weight excluding hydrogens is 382 g/mol. The van der Waals surface area contributed by atoms with E-state index in [1.807, 2.05) is 84.3 Å². The second-order valence-electron chi connectivity index (χ2n) is 6.35. The number of pyridine rings is 1. The van der Waals surface area contributed by atoms with Crippen LogP contribution in [0.4, 0.5) is 5.69 Å². The van der Waals surface area contributed by atoms with Gasteiger partial charge in [0.05, 0.1) is 11.4 Å². The van der Waals surface area contributed by atoms with E-state index in [4.69, 9.17) is 0 Å². The van der Waals surface area contributed by atoms with Gasteiger partial charge in [0.15, 0.2) is 11.0 Å². The number of nitrogens with one attached hydrogen (secondary N) is 1. The summed E-state index contributed by atoms with van der Waals surface area (Å²) in [6.07, 6.45) is 1.73. The van der Waals surface area contributed by atoms with Crippen LogP contribution in [0.5, 0.6) is 0 Å². The van der Waals surface area contributed by atoms with Crippen molar-refractivity contribution in [2.75, 3.05) is 11.1 Å². The van der Waals surface area contributed by atoms with E-state index in [9.17, 15) is 4.79 Å². The van der Waals surface area contributed by atoms with Gasteiger partial charge in [-0.3, -0.25) is 14.3 Å². The number of carbonyl (C=O) groups excluding carboxylic acids is 1. The highest BCUT2D eigenvalue weighted by Crippen LogP contribution is 2.28. The Kier molecular flexibility index (Phi) is 5.67. The van der Waals surface area contributed by atoms with Crippen LogP contribution in [0.3, 0.4) is 0 Å². The number of benzene rings is 2. The molecule has 2 aromatic heterocycles. The molecule has 0 unspecified atom stereocenters. The highest BCUT2D eigenvalue weighted by atomic mass is 32.2. The van der Waals surface area contributed by atoms with Crippen LogP contribution in [0, 0.1) is 6.92 Å². The Morgan fingerprint density at radius 2 is 1.72 bits per heavy atom. The second kappa shape index (κ2) is 8.70. The number of hydrogen-bond acceptors (Lipinski definition) is 5. The predicted octanol–water partition coefficient (Wildman–Crippen LogP) is 4.37. The van der Waals surface area contributed by atoms with Crippen molar-refractivity contribution in [1.29, 1.82) is 0 Å². The average molecular weight is 401 g/mol.